The van der Waals surface area contributed by atoms with Crippen LogP contribution >= 0.6 is 11.6 Å². The first kappa shape index (κ1) is 10.5. The molecule has 2 rings (SSSR count). The van der Waals surface area contributed by atoms with Crippen molar-refractivity contribution in [1.82, 2.24) is 10.1 Å². The van der Waals surface area contributed by atoms with E-state index in [4.69, 9.17) is 26.6 Å². The standard InChI is InChI=1S/C8H6ClN3O4/c1-14-3-2-4(9)11-6-5(3)7(12-16-6)15-8(10)13/h2H,1H3,(H2,10,13). The van der Waals surface area contributed by atoms with Crippen molar-refractivity contribution < 1.29 is 18.8 Å². The number of carbonyl (C=O) groups excluding carboxylic acids is 1. The van der Waals surface area contributed by atoms with Crippen molar-refractivity contribution in [3.63, 3.8) is 0 Å². The van der Waals surface area contributed by atoms with Crippen LogP contribution in [0.25, 0.3) is 11.1 Å². The van der Waals surface area contributed by atoms with Gasteiger partial charge in [-0.25, -0.2) is 4.79 Å². The van der Waals surface area contributed by atoms with Gasteiger partial charge in [0.05, 0.1) is 7.11 Å². The number of primary amides is 1. The van der Waals surface area contributed by atoms with Crippen LogP contribution in [0.5, 0.6) is 11.6 Å². The highest BCUT2D eigenvalue weighted by Gasteiger charge is 2.18. The Morgan fingerprint density at radius 2 is 2.38 bits per heavy atom. The molecule has 1 amide bonds. The fourth-order valence-electron chi connectivity index (χ4n) is 1.19. The summed E-state index contributed by atoms with van der Waals surface area (Å²) in [5, 5.41) is 3.96. The molecule has 2 N–H and O–H groups in total. The zero-order valence-corrected chi connectivity index (χ0v) is 8.82. The lowest BCUT2D eigenvalue weighted by atomic mass is 10.3. The summed E-state index contributed by atoms with van der Waals surface area (Å²) in [6.45, 7) is 0. The molecule has 0 saturated heterocycles. The molecule has 0 aromatic carbocycles. The van der Waals surface area contributed by atoms with Crippen molar-refractivity contribution in [2.45, 2.75) is 0 Å². The Hall–Kier alpha value is -2.02. The molecule has 0 spiro atoms. The van der Waals surface area contributed by atoms with E-state index in [1.807, 2.05) is 0 Å². The van der Waals surface area contributed by atoms with Gasteiger partial charge in [0.1, 0.15) is 16.3 Å². The second-order valence-corrected chi connectivity index (χ2v) is 3.12. The number of methoxy groups -OCH3 is 1. The molecule has 0 aliphatic heterocycles. The van der Waals surface area contributed by atoms with Gasteiger partial charge in [-0.15, -0.1) is 0 Å². The smallest absolute Gasteiger partial charge is 0.411 e. The first-order chi connectivity index (χ1) is 7.61. The Balaban J connectivity index is 2.64. The van der Waals surface area contributed by atoms with Gasteiger partial charge in [-0.1, -0.05) is 11.6 Å². The summed E-state index contributed by atoms with van der Waals surface area (Å²) in [6, 6.07) is 1.44. The van der Waals surface area contributed by atoms with Gasteiger partial charge < -0.3 is 19.7 Å². The number of hydrogen-bond donors (Lipinski definition) is 1. The molecular weight excluding hydrogens is 238 g/mol. The first-order valence-electron chi connectivity index (χ1n) is 4.09. The lowest BCUT2D eigenvalue weighted by molar-refractivity contribution is 0.206. The van der Waals surface area contributed by atoms with Crippen molar-refractivity contribution in [2.75, 3.05) is 7.11 Å². The normalized spacial score (nSPS) is 10.4. The zero-order valence-electron chi connectivity index (χ0n) is 8.06. The molecule has 0 unspecified atom stereocenters. The number of halogens is 1. The van der Waals surface area contributed by atoms with Crippen LogP contribution in [0.15, 0.2) is 10.6 Å². The van der Waals surface area contributed by atoms with Gasteiger partial charge in [-0.2, -0.15) is 4.98 Å². The molecule has 8 heteroatoms. The molecule has 0 aliphatic rings. The summed E-state index contributed by atoms with van der Waals surface area (Å²) in [5.41, 5.74) is 4.96. The number of nitrogens with two attached hydrogens (primary N) is 1. The molecule has 7 nitrogen and oxygen atoms in total. The minimum Gasteiger partial charge on any atom is -0.496 e. The molecule has 0 fully saturated rings. The number of rotatable bonds is 2. The summed E-state index contributed by atoms with van der Waals surface area (Å²) < 4.78 is 14.5. The summed E-state index contributed by atoms with van der Waals surface area (Å²) in [6.07, 6.45) is -1.01. The SMILES string of the molecule is COc1cc(Cl)nc2onc(OC(N)=O)c12. The number of fused-ring (bicyclic) bond motifs is 1. The molecule has 16 heavy (non-hydrogen) atoms. The first-order valence-corrected chi connectivity index (χ1v) is 4.47. The molecule has 2 aromatic heterocycles. The molecule has 0 aliphatic carbocycles. The van der Waals surface area contributed by atoms with Gasteiger partial charge in [-0.05, 0) is 5.16 Å². The third-order valence-corrected chi connectivity index (χ3v) is 1.96. The summed E-state index contributed by atoms with van der Waals surface area (Å²) in [7, 11) is 1.42. The van der Waals surface area contributed by atoms with E-state index in [2.05, 4.69) is 14.9 Å². The number of aromatic nitrogens is 2. The third kappa shape index (κ3) is 1.72. The van der Waals surface area contributed by atoms with E-state index in [9.17, 15) is 4.79 Å². The largest absolute Gasteiger partial charge is 0.496 e. The van der Waals surface area contributed by atoms with Gasteiger partial charge in [0, 0.05) is 6.07 Å². The number of carbonyl (C=O) groups is 1. The van der Waals surface area contributed by atoms with E-state index in [0.29, 0.717) is 11.1 Å². The maximum atomic E-state index is 10.6. The minimum absolute atomic E-state index is 0.0978. The number of pyridine rings is 1. The van der Waals surface area contributed by atoms with E-state index >= 15 is 0 Å². The van der Waals surface area contributed by atoms with Crippen LogP contribution < -0.4 is 15.2 Å². The van der Waals surface area contributed by atoms with Crippen molar-refractivity contribution in [3.05, 3.63) is 11.2 Å². The fraction of sp³-hybridized carbons (Fsp3) is 0.125. The van der Waals surface area contributed by atoms with Crippen LogP contribution in [0.4, 0.5) is 4.79 Å². The molecule has 0 atom stereocenters. The highest BCUT2D eigenvalue weighted by atomic mass is 35.5. The minimum atomic E-state index is -1.01. The maximum absolute atomic E-state index is 10.6. The summed E-state index contributed by atoms with van der Waals surface area (Å²) in [4.78, 5) is 14.4. The Kier molecular flexibility index (Phi) is 2.53. The van der Waals surface area contributed by atoms with Crippen LogP contribution in [0.3, 0.4) is 0 Å². The highest BCUT2D eigenvalue weighted by molar-refractivity contribution is 6.30. The Morgan fingerprint density at radius 1 is 1.62 bits per heavy atom. The van der Waals surface area contributed by atoms with Crippen molar-refractivity contribution in [2.24, 2.45) is 5.73 Å². The molecule has 0 saturated carbocycles. The number of nitrogens with zero attached hydrogens (tertiary/aromatic N) is 2. The predicted octanol–water partition coefficient (Wildman–Crippen LogP) is 1.34. The van der Waals surface area contributed by atoms with E-state index in [0.717, 1.165) is 0 Å². The van der Waals surface area contributed by atoms with Crippen molar-refractivity contribution in [3.8, 4) is 11.6 Å². The van der Waals surface area contributed by atoms with Crippen molar-refractivity contribution in [1.29, 1.82) is 0 Å². The maximum Gasteiger partial charge on any atom is 0.411 e. The van der Waals surface area contributed by atoms with Gasteiger partial charge in [-0.3, -0.25) is 0 Å². The summed E-state index contributed by atoms with van der Waals surface area (Å²) >= 11 is 5.71. The van der Waals surface area contributed by atoms with Crippen LogP contribution in [0.1, 0.15) is 0 Å². The average molecular weight is 244 g/mol. The number of ether oxygens (including phenoxy) is 2. The molecular formula is C8H6ClN3O4. The lowest BCUT2D eigenvalue weighted by Crippen LogP contribution is -2.16. The lowest BCUT2D eigenvalue weighted by Gasteiger charge is -2.01. The second kappa shape index (κ2) is 3.86. The fourth-order valence-corrected chi connectivity index (χ4v) is 1.37. The number of hydrogen-bond acceptors (Lipinski definition) is 6. The molecule has 84 valence electrons. The Labute approximate surface area is 94.1 Å². The van der Waals surface area contributed by atoms with Gasteiger partial charge >= 0.3 is 6.09 Å². The van der Waals surface area contributed by atoms with Crippen LogP contribution in [0.2, 0.25) is 5.15 Å². The monoisotopic (exact) mass is 243 g/mol. The highest BCUT2D eigenvalue weighted by Crippen LogP contribution is 2.34. The molecule has 0 radical (unpaired) electrons. The van der Waals surface area contributed by atoms with Crippen molar-refractivity contribution >= 4 is 28.8 Å². The van der Waals surface area contributed by atoms with E-state index in [-0.39, 0.29) is 16.7 Å². The predicted molar refractivity (Wildman–Crippen MR) is 53.6 cm³/mol. The van der Waals surface area contributed by atoms with Crippen LogP contribution in [-0.4, -0.2) is 23.3 Å². The van der Waals surface area contributed by atoms with Crippen LogP contribution in [-0.2, 0) is 0 Å². The molecule has 2 heterocycles. The van der Waals surface area contributed by atoms with E-state index in [1.165, 1.54) is 13.2 Å². The third-order valence-electron chi connectivity index (χ3n) is 1.76. The second-order valence-electron chi connectivity index (χ2n) is 2.74. The van der Waals surface area contributed by atoms with Gasteiger partial charge in [0.15, 0.2) is 0 Å². The Morgan fingerprint density at radius 3 is 3.00 bits per heavy atom. The average Bonchev–Trinajstić information content (AvgIpc) is 2.59. The van der Waals surface area contributed by atoms with Gasteiger partial charge in [0.25, 0.3) is 11.6 Å². The number of amides is 1. The summed E-state index contributed by atoms with van der Waals surface area (Å²) in [5.74, 6) is 0.219. The van der Waals surface area contributed by atoms with E-state index in [1.54, 1.807) is 0 Å². The molecule has 0 bridgehead atoms. The topological polar surface area (TPSA) is 100 Å². The van der Waals surface area contributed by atoms with Crippen LogP contribution in [0, 0.1) is 0 Å². The Bertz CT molecular complexity index is 553. The van der Waals surface area contributed by atoms with E-state index < -0.39 is 6.09 Å². The zero-order chi connectivity index (χ0) is 11.7. The van der Waals surface area contributed by atoms with Gasteiger partial charge in [0.2, 0.25) is 0 Å². The molecule has 2 aromatic rings. The quantitative estimate of drug-likeness (QED) is 0.799.